The summed E-state index contributed by atoms with van der Waals surface area (Å²) >= 11 is 1.54. The first-order chi connectivity index (χ1) is 9.25. The fraction of sp³-hybridized carbons (Fsp3) is 0.267. The van der Waals surface area contributed by atoms with Crippen molar-refractivity contribution in [2.45, 2.75) is 19.8 Å². The summed E-state index contributed by atoms with van der Waals surface area (Å²) in [5, 5.41) is 5.82. The molecule has 1 aliphatic rings. The van der Waals surface area contributed by atoms with Gasteiger partial charge in [-0.15, -0.1) is 11.3 Å². The van der Waals surface area contributed by atoms with Crippen molar-refractivity contribution in [1.29, 1.82) is 0 Å². The van der Waals surface area contributed by atoms with Crippen LogP contribution in [0.4, 0.5) is 15.5 Å². The number of rotatable bonds is 1. The zero-order valence-corrected chi connectivity index (χ0v) is 11.7. The Morgan fingerprint density at radius 3 is 3.00 bits per heavy atom. The first kappa shape index (κ1) is 12.2. The van der Waals surface area contributed by atoms with E-state index in [2.05, 4.69) is 30.4 Å². The smallest absolute Gasteiger partial charge is 0.299 e. The molecule has 0 bridgehead atoms. The number of carbonyl (C=O) groups excluding carboxylic acids is 1. The van der Waals surface area contributed by atoms with Crippen LogP contribution in [0.2, 0.25) is 0 Å². The van der Waals surface area contributed by atoms with Crippen molar-refractivity contribution in [3.63, 3.8) is 0 Å². The highest BCUT2D eigenvalue weighted by Crippen LogP contribution is 2.31. The minimum absolute atomic E-state index is 0.0299. The summed E-state index contributed by atoms with van der Waals surface area (Å²) in [6, 6.07) is 10.1. The van der Waals surface area contributed by atoms with Gasteiger partial charge in [-0.25, -0.2) is 4.79 Å². The van der Waals surface area contributed by atoms with E-state index in [4.69, 9.17) is 0 Å². The highest BCUT2D eigenvalue weighted by Gasteiger charge is 2.24. The molecule has 4 heteroatoms. The summed E-state index contributed by atoms with van der Waals surface area (Å²) in [6.07, 6.45) is 2.08. The first-order valence-electron chi connectivity index (χ1n) is 6.46. The van der Waals surface area contributed by atoms with Crippen LogP contribution >= 0.6 is 11.3 Å². The molecule has 2 aromatic rings. The third-order valence-corrected chi connectivity index (χ3v) is 4.20. The van der Waals surface area contributed by atoms with Crippen molar-refractivity contribution in [3.8, 4) is 0 Å². The molecule has 1 aromatic carbocycles. The van der Waals surface area contributed by atoms with Gasteiger partial charge in [0, 0.05) is 6.54 Å². The Labute approximate surface area is 116 Å². The quantitative estimate of drug-likeness (QED) is 0.834. The molecule has 3 nitrogen and oxygen atoms in total. The largest absolute Gasteiger partial charge is 0.326 e. The van der Waals surface area contributed by atoms with Crippen LogP contribution < -0.4 is 10.2 Å². The molecule has 0 aliphatic carbocycles. The maximum Gasteiger partial charge on any atom is 0.326 e. The van der Waals surface area contributed by atoms with E-state index in [0.29, 0.717) is 0 Å². The van der Waals surface area contributed by atoms with Crippen molar-refractivity contribution in [2.75, 3.05) is 16.8 Å². The van der Waals surface area contributed by atoms with Crippen LogP contribution in [0.1, 0.15) is 17.5 Å². The average Bonchev–Trinajstić information content (AvgIpc) is 2.91. The van der Waals surface area contributed by atoms with Crippen molar-refractivity contribution >= 4 is 28.1 Å². The SMILES string of the molecule is Cc1cccc2c1N(C(=O)Nc1cccs1)CCC2. The highest BCUT2D eigenvalue weighted by atomic mass is 32.1. The Kier molecular flexibility index (Phi) is 3.25. The summed E-state index contributed by atoms with van der Waals surface area (Å²) in [5.41, 5.74) is 3.52. The zero-order chi connectivity index (χ0) is 13.2. The van der Waals surface area contributed by atoms with Gasteiger partial charge in [0.2, 0.25) is 0 Å². The van der Waals surface area contributed by atoms with Gasteiger partial charge in [-0.1, -0.05) is 18.2 Å². The van der Waals surface area contributed by atoms with Gasteiger partial charge >= 0.3 is 6.03 Å². The average molecular weight is 272 g/mol. The molecule has 2 amide bonds. The van der Waals surface area contributed by atoms with Crippen LogP contribution in [0, 0.1) is 6.92 Å². The molecule has 98 valence electrons. The predicted molar refractivity (Wildman–Crippen MR) is 80.2 cm³/mol. The molecule has 1 aliphatic heterocycles. The number of carbonyl (C=O) groups is 1. The second-order valence-corrected chi connectivity index (χ2v) is 5.69. The Morgan fingerprint density at radius 2 is 2.21 bits per heavy atom. The molecule has 0 atom stereocenters. The fourth-order valence-electron chi connectivity index (χ4n) is 2.57. The topological polar surface area (TPSA) is 32.3 Å². The summed E-state index contributed by atoms with van der Waals surface area (Å²) in [6.45, 7) is 2.85. The molecule has 0 saturated carbocycles. The number of amides is 2. The van der Waals surface area contributed by atoms with E-state index < -0.39 is 0 Å². The number of nitrogens with one attached hydrogen (secondary N) is 1. The molecule has 2 heterocycles. The molecule has 0 radical (unpaired) electrons. The van der Waals surface area contributed by atoms with Gasteiger partial charge in [0.1, 0.15) is 0 Å². The van der Waals surface area contributed by atoms with Crippen LogP contribution in [-0.2, 0) is 6.42 Å². The molecule has 19 heavy (non-hydrogen) atoms. The van der Waals surface area contributed by atoms with Gasteiger partial charge < -0.3 is 0 Å². The van der Waals surface area contributed by atoms with Gasteiger partial charge in [0.05, 0.1) is 10.7 Å². The molecular weight excluding hydrogens is 256 g/mol. The zero-order valence-electron chi connectivity index (χ0n) is 10.8. The number of para-hydroxylation sites is 1. The van der Waals surface area contributed by atoms with Gasteiger partial charge in [-0.3, -0.25) is 10.2 Å². The lowest BCUT2D eigenvalue weighted by Crippen LogP contribution is -2.39. The second-order valence-electron chi connectivity index (χ2n) is 4.75. The third kappa shape index (κ3) is 2.36. The molecule has 0 saturated heterocycles. The Hall–Kier alpha value is -1.81. The van der Waals surface area contributed by atoms with E-state index in [1.807, 2.05) is 22.4 Å². The third-order valence-electron chi connectivity index (χ3n) is 3.42. The molecule has 0 fully saturated rings. The lowest BCUT2D eigenvalue weighted by atomic mass is 9.98. The van der Waals surface area contributed by atoms with E-state index in [1.54, 1.807) is 11.3 Å². The monoisotopic (exact) mass is 272 g/mol. The number of urea groups is 1. The molecule has 3 rings (SSSR count). The standard InChI is InChI=1S/C15H16N2OS/c1-11-5-2-6-12-7-3-9-17(14(11)12)15(18)16-13-8-4-10-19-13/h2,4-6,8,10H,3,7,9H2,1H3,(H,16,18). The fourth-order valence-corrected chi connectivity index (χ4v) is 3.18. The second kappa shape index (κ2) is 5.05. The maximum absolute atomic E-state index is 12.4. The summed E-state index contributed by atoms with van der Waals surface area (Å²) < 4.78 is 0. The summed E-state index contributed by atoms with van der Waals surface area (Å²) in [5.74, 6) is 0. The van der Waals surface area contributed by atoms with Crippen LogP contribution in [0.3, 0.4) is 0 Å². The first-order valence-corrected chi connectivity index (χ1v) is 7.34. The van der Waals surface area contributed by atoms with Crippen LogP contribution in [-0.4, -0.2) is 12.6 Å². The predicted octanol–water partition coefficient (Wildman–Crippen LogP) is 4.04. The minimum Gasteiger partial charge on any atom is -0.299 e. The Balaban J connectivity index is 1.89. The van der Waals surface area contributed by atoms with E-state index in [9.17, 15) is 4.79 Å². The number of fused-ring (bicyclic) bond motifs is 1. The highest BCUT2D eigenvalue weighted by molar-refractivity contribution is 7.14. The Bertz CT molecular complexity index is 592. The number of benzene rings is 1. The number of thiophene rings is 1. The van der Waals surface area contributed by atoms with Gasteiger partial charge in [0.25, 0.3) is 0 Å². The van der Waals surface area contributed by atoms with Crippen LogP contribution in [0.15, 0.2) is 35.7 Å². The van der Waals surface area contributed by atoms with E-state index in [-0.39, 0.29) is 6.03 Å². The molecular formula is C15H16N2OS. The van der Waals surface area contributed by atoms with Crippen molar-refractivity contribution in [2.24, 2.45) is 0 Å². The number of anilines is 2. The lowest BCUT2D eigenvalue weighted by molar-refractivity contribution is 0.256. The van der Waals surface area contributed by atoms with Crippen LogP contribution in [0.5, 0.6) is 0 Å². The number of aryl methyl sites for hydroxylation is 2. The molecule has 0 spiro atoms. The number of nitrogens with zero attached hydrogens (tertiary/aromatic N) is 1. The van der Waals surface area contributed by atoms with Crippen molar-refractivity contribution in [3.05, 3.63) is 46.8 Å². The minimum atomic E-state index is -0.0299. The van der Waals surface area contributed by atoms with Crippen molar-refractivity contribution < 1.29 is 4.79 Å². The summed E-state index contributed by atoms with van der Waals surface area (Å²) in [4.78, 5) is 14.3. The lowest BCUT2D eigenvalue weighted by Gasteiger charge is -2.30. The van der Waals surface area contributed by atoms with E-state index in [1.165, 1.54) is 11.1 Å². The van der Waals surface area contributed by atoms with Gasteiger partial charge in [-0.05, 0) is 48.4 Å². The summed E-state index contributed by atoms with van der Waals surface area (Å²) in [7, 11) is 0. The van der Waals surface area contributed by atoms with Crippen LogP contribution in [0.25, 0.3) is 0 Å². The molecule has 0 unspecified atom stereocenters. The molecule has 1 N–H and O–H groups in total. The van der Waals surface area contributed by atoms with E-state index in [0.717, 1.165) is 30.1 Å². The molecule has 1 aromatic heterocycles. The van der Waals surface area contributed by atoms with Gasteiger partial charge in [0.15, 0.2) is 0 Å². The maximum atomic E-state index is 12.4. The Morgan fingerprint density at radius 1 is 1.32 bits per heavy atom. The van der Waals surface area contributed by atoms with Gasteiger partial charge in [-0.2, -0.15) is 0 Å². The normalized spacial score (nSPS) is 14.1. The number of hydrogen-bond acceptors (Lipinski definition) is 2. The van der Waals surface area contributed by atoms with Crippen molar-refractivity contribution in [1.82, 2.24) is 0 Å². The van der Waals surface area contributed by atoms with E-state index >= 15 is 0 Å². The number of hydrogen-bond donors (Lipinski definition) is 1.